The first-order valence-corrected chi connectivity index (χ1v) is 5.17. The summed E-state index contributed by atoms with van der Waals surface area (Å²) in [6.45, 7) is 3.64. The second-order valence-corrected chi connectivity index (χ2v) is 3.99. The number of hydrogen-bond donors (Lipinski definition) is 1. The van der Waals surface area contributed by atoms with E-state index in [1.165, 1.54) is 4.80 Å². The summed E-state index contributed by atoms with van der Waals surface area (Å²) in [6, 6.07) is 0. The van der Waals surface area contributed by atoms with Crippen LogP contribution >= 0.6 is 0 Å². The Morgan fingerprint density at radius 2 is 2.47 bits per heavy atom. The Balaban J connectivity index is 2.26. The van der Waals surface area contributed by atoms with Gasteiger partial charge in [-0.1, -0.05) is 6.92 Å². The number of aryl methyl sites for hydroxylation is 1. The van der Waals surface area contributed by atoms with Gasteiger partial charge in [0.1, 0.15) is 0 Å². The molecule has 6 nitrogen and oxygen atoms in total. The van der Waals surface area contributed by atoms with E-state index in [-0.39, 0.29) is 17.0 Å². The summed E-state index contributed by atoms with van der Waals surface area (Å²) in [5.74, 6) is 0.256. The highest BCUT2D eigenvalue weighted by atomic mass is 16.1. The third-order valence-electron chi connectivity index (χ3n) is 3.11. The number of Topliss-reactive ketones (excluding diaryl/α,β-unsaturated/α-hetero) is 1. The van der Waals surface area contributed by atoms with Crippen molar-refractivity contribution < 1.29 is 4.79 Å². The van der Waals surface area contributed by atoms with E-state index in [1.54, 1.807) is 7.05 Å². The van der Waals surface area contributed by atoms with Crippen LogP contribution in [0.3, 0.4) is 0 Å². The van der Waals surface area contributed by atoms with Crippen LogP contribution < -0.4 is 5.32 Å². The fourth-order valence-corrected chi connectivity index (χ4v) is 2.01. The highest BCUT2D eigenvalue weighted by Gasteiger charge is 2.41. The lowest BCUT2D eigenvalue weighted by molar-refractivity contribution is 0.0798. The highest BCUT2D eigenvalue weighted by Crippen LogP contribution is 2.32. The quantitative estimate of drug-likeness (QED) is 0.697. The van der Waals surface area contributed by atoms with Crippen LogP contribution in [0.5, 0.6) is 0 Å². The third-order valence-corrected chi connectivity index (χ3v) is 3.11. The zero-order chi connectivity index (χ0) is 10.9. The number of rotatable bonds is 3. The first kappa shape index (κ1) is 10.2. The van der Waals surface area contributed by atoms with Crippen LogP contribution in [0, 0.1) is 5.41 Å². The summed E-state index contributed by atoms with van der Waals surface area (Å²) < 4.78 is 0. The predicted octanol–water partition coefficient (Wildman–Crippen LogP) is -0.218. The van der Waals surface area contributed by atoms with Crippen molar-refractivity contribution in [1.82, 2.24) is 25.5 Å². The van der Waals surface area contributed by atoms with Crippen molar-refractivity contribution in [2.24, 2.45) is 12.5 Å². The molecule has 0 amide bonds. The molecule has 0 radical (unpaired) electrons. The fourth-order valence-electron chi connectivity index (χ4n) is 2.01. The topological polar surface area (TPSA) is 72.7 Å². The van der Waals surface area contributed by atoms with Gasteiger partial charge in [0.15, 0.2) is 0 Å². The van der Waals surface area contributed by atoms with Crippen molar-refractivity contribution in [3.8, 4) is 0 Å². The van der Waals surface area contributed by atoms with Crippen LogP contribution in [0.4, 0.5) is 0 Å². The van der Waals surface area contributed by atoms with Crippen LogP contribution in [-0.2, 0) is 7.05 Å². The lowest BCUT2D eigenvalue weighted by Crippen LogP contribution is -2.33. The number of nitrogens with one attached hydrogen (secondary N) is 1. The summed E-state index contributed by atoms with van der Waals surface area (Å²) in [4.78, 5) is 13.5. The van der Waals surface area contributed by atoms with Crippen molar-refractivity contribution in [1.29, 1.82) is 0 Å². The van der Waals surface area contributed by atoms with E-state index in [2.05, 4.69) is 20.7 Å². The lowest BCUT2D eigenvalue weighted by atomic mass is 9.80. The minimum Gasteiger partial charge on any atom is -0.316 e. The summed E-state index contributed by atoms with van der Waals surface area (Å²) in [5, 5.41) is 14.6. The Bertz CT molecular complexity index is 366. The highest BCUT2D eigenvalue weighted by molar-refractivity contribution is 5.97. The summed E-state index contributed by atoms with van der Waals surface area (Å²) in [7, 11) is 1.66. The van der Waals surface area contributed by atoms with E-state index >= 15 is 0 Å². The molecule has 1 aromatic heterocycles. The predicted molar refractivity (Wildman–Crippen MR) is 53.3 cm³/mol. The van der Waals surface area contributed by atoms with Crippen molar-refractivity contribution in [3.05, 3.63) is 5.82 Å². The van der Waals surface area contributed by atoms with Gasteiger partial charge in [-0.05, 0) is 24.6 Å². The standard InChI is InChI=1S/C9H15N5O/c1-3-9(4-5-10-6-9)7(15)8-11-13-14(2)12-8/h10H,3-6H2,1-2H3. The first-order valence-electron chi connectivity index (χ1n) is 5.17. The van der Waals surface area contributed by atoms with Crippen molar-refractivity contribution in [2.45, 2.75) is 19.8 Å². The molecule has 0 bridgehead atoms. The van der Waals surface area contributed by atoms with Crippen molar-refractivity contribution in [2.75, 3.05) is 13.1 Å². The Hall–Kier alpha value is -1.30. The van der Waals surface area contributed by atoms with Gasteiger partial charge in [0, 0.05) is 6.54 Å². The average molecular weight is 209 g/mol. The third kappa shape index (κ3) is 1.65. The summed E-state index contributed by atoms with van der Waals surface area (Å²) in [5.41, 5.74) is -0.316. The van der Waals surface area contributed by atoms with E-state index < -0.39 is 0 Å². The number of carbonyl (C=O) groups is 1. The molecular weight excluding hydrogens is 194 g/mol. The van der Waals surface area contributed by atoms with E-state index in [9.17, 15) is 4.79 Å². The zero-order valence-corrected chi connectivity index (χ0v) is 9.03. The smallest absolute Gasteiger partial charge is 0.241 e. The molecule has 0 spiro atoms. The molecule has 1 unspecified atom stereocenters. The summed E-state index contributed by atoms with van der Waals surface area (Å²) >= 11 is 0. The molecule has 15 heavy (non-hydrogen) atoms. The maximum absolute atomic E-state index is 12.2. The molecule has 1 atom stereocenters. The molecule has 1 aromatic rings. The Kier molecular flexibility index (Phi) is 2.52. The molecule has 1 aliphatic heterocycles. The molecule has 2 rings (SSSR count). The Labute approximate surface area is 88.0 Å². The Morgan fingerprint density at radius 3 is 2.93 bits per heavy atom. The van der Waals surface area contributed by atoms with Gasteiger partial charge >= 0.3 is 0 Å². The molecule has 0 aliphatic carbocycles. The van der Waals surface area contributed by atoms with Gasteiger partial charge in [-0.2, -0.15) is 4.80 Å². The van der Waals surface area contributed by atoms with Crippen molar-refractivity contribution in [3.63, 3.8) is 0 Å². The van der Waals surface area contributed by atoms with Gasteiger partial charge in [0.25, 0.3) is 0 Å². The summed E-state index contributed by atoms with van der Waals surface area (Å²) in [6.07, 6.45) is 1.68. The number of carbonyl (C=O) groups excluding carboxylic acids is 1. The SMILES string of the molecule is CCC1(C(=O)c2nnn(C)n2)CCNC1. The molecule has 1 saturated heterocycles. The number of hydrogen-bond acceptors (Lipinski definition) is 5. The maximum atomic E-state index is 12.2. The van der Waals surface area contributed by atoms with Crippen LogP contribution in [0.15, 0.2) is 0 Å². The van der Waals surface area contributed by atoms with Crippen LogP contribution in [0.25, 0.3) is 0 Å². The number of nitrogens with zero attached hydrogens (tertiary/aromatic N) is 4. The van der Waals surface area contributed by atoms with Crippen LogP contribution in [0.1, 0.15) is 30.4 Å². The van der Waals surface area contributed by atoms with Gasteiger partial charge in [-0.3, -0.25) is 4.79 Å². The Morgan fingerprint density at radius 1 is 1.67 bits per heavy atom. The van der Waals surface area contributed by atoms with Gasteiger partial charge in [-0.15, -0.1) is 10.2 Å². The number of tetrazole rings is 1. The van der Waals surface area contributed by atoms with E-state index in [1.807, 2.05) is 6.92 Å². The molecule has 1 aliphatic rings. The number of aromatic nitrogens is 4. The monoisotopic (exact) mass is 209 g/mol. The zero-order valence-electron chi connectivity index (χ0n) is 9.03. The lowest BCUT2D eigenvalue weighted by Gasteiger charge is -2.22. The van der Waals surface area contributed by atoms with E-state index in [4.69, 9.17) is 0 Å². The van der Waals surface area contributed by atoms with Crippen LogP contribution in [0.2, 0.25) is 0 Å². The van der Waals surface area contributed by atoms with E-state index in [0.717, 1.165) is 25.9 Å². The largest absolute Gasteiger partial charge is 0.316 e. The molecular formula is C9H15N5O. The normalized spacial score (nSPS) is 25.7. The second-order valence-electron chi connectivity index (χ2n) is 3.99. The van der Waals surface area contributed by atoms with Gasteiger partial charge < -0.3 is 5.32 Å². The number of ketones is 1. The minimum atomic E-state index is -0.316. The first-order chi connectivity index (χ1) is 7.18. The van der Waals surface area contributed by atoms with Crippen LogP contribution in [-0.4, -0.2) is 39.1 Å². The van der Waals surface area contributed by atoms with Crippen molar-refractivity contribution >= 4 is 5.78 Å². The molecule has 2 heterocycles. The molecule has 6 heteroatoms. The second kappa shape index (κ2) is 3.69. The molecule has 1 N–H and O–H groups in total. The van der Waals surface area contributed by atoms with Gasteiger partial charge in [-0.25, -0.2) is 0 Å². The molecule has 82 valence electrons. The van der Waals surface area contributed by atoms with Gasteiger partial charge in [0.05, 0.1) is 12.5 Å². The molecule has 1 fully saturated rings. The maximum Gasteiger partial charge on any atom is 0.241 e. The van der Waals surface area contributed by atoms with Gasteiger partial charge in [0.2, 0.25) is 11.6 Å². The minimum absolute atomic E-state index is 0.0168. The molecule has 0 saturated carbocycles. The molecule has 0 aromatic carbocycles. The van der Waals surface area contributed by atoms with E-state index in [0.29, 0.717) is 0 Å². The fraction of sp³-hybridized carbons (Fsp3) is 0.778. The average Bonchev–Trinajstić information content (AvgIpc) is 2.86.